The Morgan fingerprint density at radius 1 is 1.29 bits per heavy atom. The summed E-state index contributed by atoms with van der Waals surface area (Å²) in [6.45, 7) is 5.11. The molecule has 0 aliphatic carbocycles. The van der Waals surface area contributed by atoms with Gasteiger partial charge >= 0.3 is 0 Å². The highest BCUT2D eigenvalue weighted by Crippen LogP contribution is 2.27. The molecule has 0 radical (unpaired) electrons. The molecule has 0 saturated heterocycles. The molecule has 1 atom stereocenters. The SMILES string of the molecule is COc1ccc([C@H](C)[NH2+]CC(=O)NCc2ccccc2C)cc1Br. The predicted octanol–water partition coefficient (Wildman–Crippen LogP) is 2.71. The zero-order valence-electron chi connectivity index (χ0n) is 14.3. The minimum Gasteiger partial charge on any atom is -0.496 e. The van der Waals surface area contributed by atoms with Crippen LogP contribution in [0.25, 0.3) is 0 Å². The molecule has 128 valence electrons. The van der Waals surface area contributed by atoms with Gasteiger partial charge in [-0.1, -0.05) is 24.3 Å². The van der Waals surface area contributed by atoms with Crippen LogP contribution in [0.1, 0.15) is 29.7 Å². The van der Waals surface area contributed by atoms with E-state index in [1.54, 1.807) is 7.11 Å². The fourth-order valence-corrected chi connectivity index (χ4v) is 3.02. The number of benzene rings is 2. The van der Waals surface area contributed by atoms with Gasteiger partial charge in [-0.3, -0.25) is 4.79 Å². The third-order valence-corrected chi connectivity index (χ3v) is 4.72. The first-order valence-electron chi connectivity index (χ1n) is 7.99. The summed E-state index contributed by atoms with van der Waals surface area (Å²) in [7, 11) is 1.65. The largest absolute Gasteiger partial charge is 0.496 e. The molecule has 2 rings (SSSR count). The smallest absolute Gasteiger partial charge is 0.275 e. The number of methoxy groups -OCH3 is 1. The van der Waals surface area contributed by atoms with Crippen LogP contribution in [0.2, 0.25) is 0 Å². The number of hydrogen-bond acceptors (Lipinski definition) is 2. The zero-order valence-corrected chi connectivity index (χ0v) is 15.9. The lowest BCUT2D eigenvalue weighted by atomic mass is 10.1. The average Bonchev–Trinajstić information content (AvgIpc) is 2.58. The van der Waals surface area contributed by atoms with E-state index in [0.717, 1.165) is 21.3 Å². The first kappa shape index (κ1) is 18.5. The molecule has 0 heterocycles. The molecule has 2 aromatic rings. The number of nitrogens with two attached hydrogens (primary N) is 1. The molecule has 0 saturated carbocycles. The molecular weight excluding hydrogens is 368 g/mol. The second kappa shape index (κ2) is 8.85. The van der Waals surface area contributed by atoms with Crippen LogP contribution in [0.15, 0.2) is 46.9 Å². The van der Waals surface area contributed by atoms with Crippen LogP contribution in [0.5, 0.6) is 5.75 Å². The molecule has 1 amide bonds. The van der Waals surface area contributed by atoms with Crippen molar-refractivity contribution in [3.8, 4) is 5.75 Å². The van der Waals surface area contributed by atoms with E-state index in [-0.39, 0.29) is 11.9 Å². The summed E-state index contributed by atoms with van der Waals surface area (Å²) >= 11 is 3.49. The van der Waals surface area contributed by atoms with Gasteiger partial charge in [0.05, 0.1) is 11.6 Å². The van der Waals surface area contributed by atoms with Crippen LogP contribution in [0, 0.1) is 6.92 Å². The number of aryl methyl sites for hydroxylation is 1. The molecule has 0 bridgehead atoms. The van der Waals surface area contributed by atoms with Crippen LogP contribution < -0.4 is 15.4 Å². The fraction of sp³-hybridized carbons (Fsp3) is 0.316. The Kier molecular flexibility index (Phi) is 6.82. The number of carbonyl (C=O) groups excluding carboxylic acids is 1. The lowest BCUT2D eigenvalue weighted by molar-refractivity contribution is -0.682. The van der Waals surface area contributed by atoms with Gasteiger partial charge in [0.15, 0.2) is 6.54 Å². The summed E-state index contributed by atoms with van der Waals surface area (Å²) in [6, 6.07) is 14.3. The maximum Gasteiger partial charge on any atom is 0.275 e. The Bertz CT molecular complexity index is 704. The van der Waals surface area contributed by atoms with Gasteiger partial charge in [-0.2, -0.15) is 0 Å². The molecule has 24 heavy (non-hydrogen) atoms. The molecule has 0 unspecified atom stereocenters. The van der Waals surface area contributed by atoms with Crippen LogP contribution in [0.3, 0.4) is 0 Å². The Morgan fingerprint density at radius 3 is 2.71 bits per heavy atom. The Balaban J connectivity index is 1.83. The Morgan fingerprint density at radius 2 is 2.04 bits per heavy atom. The van der Waals surface area contributed by atoms with E-state index in [1.165, 1.54) is 5.56 Å². The van der Waals surface area contributed by atoms with Crippen LogP contribution >= 0.6 is 15.9 Å². The van der Waals surface area contributed by atoms with Gasteiger partial charge in [0.2, 0.25) is 0 Å². The number of nitrogens with one attached hydrogen (secondary N) is 1. The Labute approximate surface area is 151 Å². The predicted molar refractivity (Wildman–Crippen MR) is 98.9 cm³/mol. The minimum absolute atomic E-state index is 0.0395. The fourth-order valence-electron chi connectivity index (χ4n) is 2.46. The van der Waals surface area contributed by atoms with Crippen molar-refractivity contribution in [3.63, 3.8) is 0 Å². The second-order valence-electron chi connectivity index (χ2n) is 5.83. The second-order valence-corrected chi connectivity index (χ2v) is 6.68. The van der Waals surface area contributed by atoms with Crippen molar-refractivity contribution in [3.05, 3.63) is 63.6 Å². The number of hydrogen-bond donors (Lipinski definition) is 2. The average molecular weight is 392 g/mol. The van der Waals surface area contributed by atoms with E-state index >= 15 is 0 Å². The van der Waals surface area contributed by atoms with Gasteiger partial charge < -0.3 is 15.4 Å². The highest BCUT2D eigenvalue weighted by Gasteiger charge is 2.13. The van der Waals surface area contributed by atoms with Crippen molar-refractivity contribution >= 4 is 21.8 Å². The summed E-state index contributed by atoms with van der Waals surface area (Å²) in [4.78, 5) is 12.1. The normalized spacial score (nSPS) is 11.8. The van der Waals surface area contributed by atoms with Gasteiger partial charge in [-0.15, -0.1) is 0 Å². The number of halogens is 1. The van der Waals surface area contributed by atoms with Crippen molar-refractivity contribution in [2.45, 2.75) is 26.4 Å². The number of carbonyl (C=O) groups is 1. The quantitative estimate of drug-likeness (QED) is 0.762. The van der Waals surface area contributed by atoms with Gasteiger partial charge in [0, 0.05) is 12.1 Å². The Hall–Kier alpha value is -1.85. The molecule has 3 N–H and O–H groups in total. The van der Waals surface area contributed by atoms with E-state index in [4.69, 9.17) is 4.74 Å². The highest BCUT2D eigenvalue weighted by atomic mass is 79.9. The summed E-state index contributed by atoms with van der Waals surface area (Å²) in [5, 5.41) is 5.01. The van der Waals surface area contributed by atoms with Crippen molar-refractivity contribution in [2.75, 3.05) is 13.7 Å². The van der Waals surface area contributed by atoms with E-state index in [1.807, 2.05) is 41.7 Å². The monoisotopic (exact) mass is 391 g/mol. The van der Waals surface area contributed by atoms with Crippen molar-refractivity contribution < 1.29 is 14.8 Å². The molecule has 4 nitrogen and oxygen atoms in total. The molecule has 5 heteroatoms. The standard InChI is InChI=1S/C19H23BrN2O2/c1-13-6-4-5-7-16(13)11-22-19(23)12-21-14(2)15-8-9-18(24-3)17(20)10-15/h4-10,14,21H,11-12H2,1-3H3,(H,22,23)/p+1/t14-/m0/s1. The van der Waals surface area contributed by atoms with Gasteiger partial charge in [-0.05, 0) is 59.1 Å². The van der Waals surface area contributed by atoms with Crippen molar-refractivity contribution in [2.24, 2.45) is 0 Å². The van der Waals surface area contributed by atoms with E-state index in [9.17, 15) is 4.79 Å². The summed E-state index contributed by atoms with van der Waals surface area (Å²) < 4.78 is 6.16. The summed E-state index contributed by atoms with van der Waals surface area (Å²) in [6.07, 6.45) is 0. The highest BCUT2D eigenvalue weighted by molar-refractivity contribution is 9.10. The van der Waals surface area contributed by atoms with E-state index < -0.39 is 0 Å². The summed E-state index contributed by atoms with van der Waals surface area (Å²) in [5.41, 5.74) is 3.49. The molecule has 0 aromatic heterocycles. The first-order chi connectivity index (χ1) is 11.5. The van der Waals surface area contributed by atoms with Crippen LogP contribution in [0.4, 0.5) is 0 Å². The third kappa shape index (κ3) is 5.08. The number of quaternary nitrogens is 1. The molecule has 0 spiro atoms. The number of ether oxygens (including phenoxy) is 1. The van der Waals surface area contributed by atoms with Crippen molar-refractivity contribution in [1.29, 1.82) is 0 Å². The first-order valence-corrected chi connectivity index (χ1v) is 8.78. The number of rotatable bonds is 7. The van der Waals surface area contributed by atoms with Gasteiger partial charge in [-0.25, -0.2) is 0 Å². The van der Waals surface area contributed by atoms with E-state index in [0.29, 0.717) is 13.1 Å². The molecular formula is C19H24BrN2O2+. The van der Waals surface area contributed by atoms with Gasteiger partial charge in [0.1, 0.15) is 11.8 Å². The lowest BCUT2D eigenvalue weighted by Crippen LogP contribution is -2.87. The van der Waals surface area contributed by atoms with E-state index in [2.05, 4.69) is 41.2 Å². The van der Waals surface area contributed by atoms with Gasteiger partial charge in [0.25, 0.3) is 5.91 Å². The summed E-state index contributed by atoms with van der Waals surface area (Å²) in [5.74, 6) is 0.847. The number of amides is 1. The van der Waals surface area contributed by atoms with Crippen LogP contribution in [-0.2, 0) is 11.3 Å². The topological polar surface area (TPSA) is 54.9 Å². The molecule has 0 aliphatic rings. The minimum atomic E-state index is 0.0395. The van der Waals surface area contributed by atoms with Crippen LogP contribution in [-0.4, -0.2) is 19.6 Å². The molecule has 2 aromatic carbocycles. The zero-order chi connectivity index (χ0) is 17.5. The lowest BCUT2D eigenvalue weighted by Gasteiger charge is -2.13. The maximum atomic E-state index is 12.1. The third-order valence-electron chi connectivity index (χ3n) is 4.10. The maximum absolute atomic E-state index is 12.1. The van der Waals surface area contributed by atoms with Crippen molar-refractivity contribution in [1.82, 2.24) is 5.32 Å². The molecule has 0 aliphatic heterocycles. The molecule has 0 fully saturated rings.